The van der Waals surface area contributed by atoms with Crippen LogP contribution in [0.4, 0.5) is 27.6 Å². The highest BCUT2D eigenvalue weighted by Gasteiger charge is 2.30. The third-order valence-corrected chi connectivity index (χ3v) is 5.83. The summed E-state index contributed by atoms with van der Waals surface area (Å²) in [4.78, 5) is 16.8. The first-order valence-corrected chi connectivity index (χ1v) is 11.9. The molecule has 40 heavy (non-hydrogen) atoms. The topological polar surface area (TPSA) is 69.0 Å². The summed E-state index contributed by atoms with van der Waals surface area (Å²) in [6.45, 7) is 0.0256. The molecule has 0 spiro atoms. The molecular formula is C29H19F5N4O2. The Labute approximate surface area is 224 Å². The number of halogens is 5. The summed E-state index contributed by atoms with van der Waals surface area (Å²) in [7, 11) is 0. The molecule has 0 saturated carbocycles. The number of ether oxygens (including phenoxy) is 1. The minimum absolute atomic E-state index is 0.0256. The lowest BCUT2D eigenvalue weighted by atomic mass is 10.1. The Hall–Kier alpha value is -5.06. The van der Waals surface area contributed by atoms with Gasteiger partial charge < -0.3 is 10.1 Å². The van der Waals surface area contributed by atoms with Crippen LogP contribution in [0.5, 0.6) is 6.01 Å². The highest BCUT2D eigenvalue weighted by molar-refractivity contribution is 6.04. The Morgan fingerprint density at radius 3 is 2.17 bits per heavy atom. The fraction of sp³-hybridized carbons (Fsp3) is 0.0690. The summed E-state index contributed by atoms with van der Waals surface area (Å²) < 4.78 is 73.5. The molecule has 1 N–H and O–H groups in total. The van der Waals surface area contributed by atoms with Gasteiger partial charge in [0.1, 0.15) is 18.2 Å². The molecule has 202 valence electrons. The first-order chi connectivity index (χ1) is 19.2. The maximum absolute atomic E-state index is 13.9. The summed E-state index contributed by atoms with van der Waals surface area (Å²) in [5.41, 5.74) is 0.905. The number of carbonyl (C=O) groups excluding carboxylic acids is 1. The van der Waals surface area contributed by atoms with Gasteiger partial charge in [-0.15, -0.1) is 5.10 Å². The number of nitrogens with one attached hydrogen (secondary N) is 1. The number of alkyl halides is 3. The predicted octanol–water partition coefficient (Wildman–Crippen LogP) is 7.06. The summed E-state index contributed by atoms with van der Waals surface area (Å²) in [6, 6.07) is 21.9. The molecule has 4 aromatic carbocycles. The van der Waals surface area contributed by atoms with E-state index in [1.165, 1.54) is 59.3 Å². The lowest BCUT2D eigenvalue weighted by Gasteiger charge is -2.10. The predicted molar refractivity (Wildman–Crippen MR) is 137 cm³/mol. The van der Waals surface area contributed by atoms with Crippen molar-refractivity contribution in [2.24, 2.45) is 0 Å². The van der Waals surface area contributed by atoms with Gasteiger partial charge >= 0.3 is 12.2 Å². The van der Waals surface area contributed by atoms with Gasteiger partial charge in [0.15, 0.2) is 5.82 Å². The molecule has 1 aromatic heterocycles. The van der Waals surface area contributed by atoms with E-state index in [9.17, 15) is 26.7 Å². The van der Waals surface area contributed by atoms with Crippen molar-refractivity contribution >= 4 is 11.6 Å². The number of carbonyl (C=O) groups is 1. The van der Waals surface area contributed by atoms with Crippen molar-refractivity contribution in [3.05, 3.63) is 125 Å². The lowest BCUT2D eigenvalue weighted by molar-refractivity contribution is -0.137. The molecule has 0 aliphatic carbocycles. The van der Waals surface area contributed by atoms with Crippen LogP contribution in [-0.4, -0.2) is 20.7 Å². The highest BCUT2D eigenvalue weighted by atomic mass is 19.4. The first-order valence-electron chi connectivity index (χ1n) is 11.9. The summed E-state index contributed by atoms with van der Waals surface area (Å²) >= 11 is 0. The molecule has 0 unspecified atom stereocenters. The van der Waals surface area contributed by atoms with Crippen LogP contribution in [0.2, 0.25) is 0 Å². The zero-order valence-electron chi connectivity index (χ0n) is 20.5. The van der Waals surface area contributed by atoms with E-state index in [0.29, 0.717) is 22.5 Å². The number of hydrogen-bond donors (Lipinski definition) is 1. The van der Waals surface area contributed by atoms with Crippen molar-refractivity contribution in [3.63, 3.8) is 0 Å². The third kappa shape index (κ3) is 5.98. The van der Waals surface area contributed by atoms with Crippen LogP contribution in [0.15, 0.2) is 97.1 Å². The molecule has 0 aliphatic heterocycles. The Morgan fingerprint density at radius 1 is 0.850 bits per heavy atom. The molecule has 0 radical (unpaired) electrons. The van der Waals surface area contributed by atoms with E-state index in [0.717, 1.165) is 12.1 Å². The highest BCUT2D eigenvalue weighted by Crippen LogP contribution is 2.32. The number of rotatable bonds is 7. The summed E-state index contributed by atoms with van der Waals surface area (Å²) in [5, 5.41) is 6.97. The standard InChI is InChI=1S/C29H19F5N4O2/c30-21-11-5-18(6-12-21)17-40-28-36-26(19-7-9-20(10-8-19)29(32,33)34)38(37-28)23-15-13-22(14-16-23)35-27(39)24-3-1-2-4-25(24)31/h1-16H,17H2,(H,35,39). The molecule has 1 heterocycles. The average molecular weight is 550 g/mol. The summed E-state index contributed by atoms with van der Waals surface area (Å²) in [6.07, 6.45) is -4.50. The first kappa shape index (κ1) is 26.5. The van der Waals surface area contributed by atoms with Gasteiger partial charge in [-0.3, -0.25) is 4.79 Å². The minimum atomic E-state index is -4.50. The van der Waals surface area contributed by atoms with Crippen molar-refractivity contribution in [3.8, 4) is 23.1 Å². The van der Waals surface area contributed by atoms with Crippen LogP contribution < -0.4 is 10.1 Å². The summed E-state index contributed by atoms with van der Waals surface area (Å²) in [5.74, 6) is -1.49. The van der Waals surface area contributed by atoms with Crippen LogP contribution in [-0.2, 0) is 12.8 Å². The molecule has 0 atom stereocenters. The molecule has 0 fully saturated rings. The molecule has 6 nitrogen and oxygen atoms in total. The van der Waals surface area contributed by atoms with Crippen molar-refractivity contribution in [2.45, 2.75) is 12.8 Å². The fourth-order valence-electron chi connectivity index (χ4n) is 3.79. The SMILES string of the molecule is O=C(Nc1ccc(-n2nc(OCc3ccc(F)cc3)nc2-c2ccc(C(F)(F)F)cc2)cc1)c1ccccc1F. The van der Waals surface area contributed by atoms with E-state index in [-0.39, 0.29) is 24.0 Å². The molecule has 0 aliphatic rings. The number of aromatic nitrogens is 3. The average Bonchev–Trinajstić information content (AvgIpc) is 3.37. The van der Waals surface area contributed by atoms with Crippen molar-refractivity contribution in [1.82, 2.24) is 14.8 Å². The van der Waals surface area contributed by atoms with Crippen molar-refractivity contribution in [1.29, 1.82) is 0 Å². The molecule has 5 aromatic rings. The Morgan fingerprint density at radius 2 is 1.52 bits per heavy atom. The Bertz CT molecular complexity index is 1630. The second-order valence-electron chi connectivity index (χ2n) is 8.60. The second-order valence-corrected chi connectivity index (χ2v) is 8.60. The molecule has 5 rings (SSSR count). The molecule has 11 heteroatoms. The van der Waals surface area contributed by atoms with E-state index in [1.807, 2.05) is 0 Å². The van der Waals surface area contributed by atoms with Crippen LogP contribution in [0, 0.1) is 11.6 Å². The van der Waals surface area contributed by atoms with E-state index in [4.69, 9.17) is 4.74 Å². The number of hydrogen-bond acceptors (Lipinski definition) is 4. The number of amides is 1. The van der Waals surface area contributed by atoms with Gasteiger partial charge in [-0.25, -0.2) is 13.5 Å². The monoisotopic (exact) mass is 550 g/mol. The van der Waals surface area contributed by atoms with Gasteiger partial charge in [-0.1, -0.05) is 36.4 Å². The van der Waals surface area contributed by atoms with Gasteiger partial charge in [0.2, 0.25) is 0 Å². The van der Waals surface area contributed by atoms with E-state index < -0.39 is 29.3 Å². The lowest BCUT2D eigenvalue weighted by Crippen LogP contribution is -2.13. The van der Waals surface area contributed by atoms with Gasteiger partial charge in [0.25, 0.3) is 5.91 Å². The Balaban J connectivity index is 1.43. The number of nitrogens with zero attached hydrogens (tertiary/aromatic N) is 3. The smallest absolute Gasteiger partial charge is 0.416 e. The van der Waals surface area contributed by atoms with Gasteiger partial charge in [0, 0.05) is 11.3 Å². The number of anilines is 1. The zero-order valence-corrected chi connectivity index (χ0v) is 20.5. The third-order valence-electron chi connectivity index (χ3n) is 5.83. The van der Waals surface area contributed by atoms with Crippen LogP contribution >= 0.6 is 0 Å². The minimum Gasteiger partial charge on any atom is -0.457 e. The van der Waals surface area contributed by atoms with Crippen molar-refractivity contribution < 1.29 is 31.5 Å². The fourth-order valence-corrected chi connectivity index (χ4v) is 3.79. The molecule has 1 amide bonds. The number of benzene rings is 4. The molecular weight excluding hydrogens is 531 g/mol. The van der Waals surface area contributed by atoms with E-state index >= 15 is 0 Å². The largest absolute Gasteiger partial charge is 0.457 e. The van der Waals surface area contributed by atoms with Crippen LogP contribution in [0.1, 0.15) is 21.5 Å². The second kappa shape index (κ2) is 11.0. The van der Waals surface area contributed by atoms with Crippen LogP contribution in [0.25, 0.3) is 17.1 Å². The molecule has 0 saturated heterocycles. The van der Waals surface area contributed by atoms with Crippen LogP contribution in [0.3, 0.4) is 0 Å². The van der Waals surface area contributed by atoms with Gasteiger partial charge in [-0.2, -0.15) is 18.2 Å². The molecule has 0 bridgehead atoms. The quantitative estimate of drug-likeness (QED) is 0.220. The normalized spacial score (nSPS) is 11.3. The maximum Gasteiger partial charge on any atom is 0.416 e. The van der Waals surface area contributed by atoms with Gasteiger partial charge in [-0.05, 0) is 66.2 Å². The van der Waals surface area contributed by atoms with Crippen molar-refractivity contribution in [2.75, 3.05) is 5.32 Å². The maximum atomic E-state index is 13.9. The Kier molecular flexibility index (Phi) is 7.28. The zero-order chi connectivity index (χ0) is 28.3. The van der Waals surface area contributed by atoms with E-state index in [2.05, 4.69) is 15.4 Å². The van der Waals surface area contributed by atoms with Gasteiger partial charge in [0.05, 0.1) is 16.8 Å². The van der Waals surface area contributed by atoms with E-state index in [1.54, 1.807) is 30.3 Å².